The maximum Gasteiger partial charge on any atom is 0.325 e. The van der Waals surface area contributed by atoms with Gasteiger partial charge in [0.05, 0.1) is 13.0 Å². The predicted molar refractivity (Wildman–Crippen MR) is 155 cm³/mol. The van der Waals surface area contributed by atoms with Crippen molar-refractivity contribution in [2.75, 3.05) is 33.3 Å². The molecule has 0 spiro atoms. The summed E-state index contributed by atoms with van der Waals surface area (Å²) in [6, 6.07) is 21.6. The van der Waals surface area contributed by atoms with Crippen LogP contribution in [0.3, 0.4) is 0 Å². The van der Waals surface area contributed by atoms with Crippen molar-refractivity contribution in [1.82, 2.24) is 14.9 Å². The highest BCUT2D eigenvalue weighted by molar-refractivity contribution is 5.83. The number of carbonyl (C=O) groups excluding carboxylic acids is 2. The van der Waals surface area contributed by atoms with Gasteiger partial charge in [0, 0.05) is 38.3 Å². The molecule has 9 heteroatoms. The van der Waals surface area contributed by atoms with E-state index in [1.165, 1.54) is 4.90 Å². The summed E-state index contributed by atoms with van der Waals surface area (Å²) in [5.41, 5.74) is 0.962. The SMILES string of the molecule is CN(C(=O)N1CC(c2cc(F)ccc2F)=CC1(CO)c1ccccc1)C1CCN(OC(=O)CCc2ccccc2)CC1. The molecule has 2 aliphatic heterocycles. The third kappa shape index (κ3) is 6.22. The van der Waals surface area contributed by atoms with E-state index in [1.807, 2.05) is 60.7 Å². The topological polar surface area (TPSA) is 73.3 Å². The van der Waals surface area contributed by atoms with E-state index in [-0.39, 0.29) is 36.6 Å². The molecule has 220 valence electrons. The number of nitrogens with zero attached hydrogens (tertiary/aromatic N) is 3. The normalized spacial score (nSPS) is 19.4. The number of hydroxylamine groups is 2. The van der Waals surface area contributed by atoms with Crippen molar-refractivity contribution in [3.8, 4) is 0 Å². The van der Waals surface area contributed by atoms with E-state index in [9.17, 15) is 23.5 Å². The fraction of sp³-hybridized carbons (Fsp3) is 0.333. The van der Waals surface area contributed by atoms with Gasteiger partial charge < -0.3 is 19.7 Å². The first-order valence-electron chi connectivity index (χ1n) is 14.2. The predicted octanol–water partition coefficient (Wildman–Crippen LogP) is 5.16. The van der Waals surface area contributed by atoms with Crippen LogP contribution in [0, 0.1) is 11.6 Å². The molecule has 3 aromatic carbocycles. The summed E-state index contributed by atoms with van der Waals surface area (Å²) in [4.78, 5) is 35.2. The minimum absolute atomic E-state index is 0.00310. The Kier molecular flexibility index (Phi) is 8.99. The van der Waals surface area contributed by atoms with Gasteiger partial charge in [0.15, 0.2) is 0 Å². The second-order valence-electron chi connectivity index (χ2n) is 10.8. The summed E-state index contributed by atoms with van der Waals surface area (Å²) in [6.45, 7) is 0.508. The lowest BCUT2D eigenvalue weighted by Gasteiger charge is -2.42. The zero-order valence-corrected chi connectivity index (χ0v) is 23.6. The third-order valence-electron chi connectivity index (χ3n) is 8.21. The monoisotopic (exact) mass is 575 g/mol. The fourth-order valence-corrected chi connectivity index (χ4v) is 5.80. The van der Waals surface area contributed by atoms with Crippen LogP contribution in [-0.4, -0.2) is 71.3 Å². The molecule has 1 fully saturated rings. The Morgan fingerprint density at radius 2 is 1.67 bits per heavy atom. The van der Waals surface area contributed by atoms with Gasteiger partial charge in [0.2, 0.25) is 0 Å². The molecule has 42 heavy (non-hydrogen) atoms. The van der Waals surface area contributed by atoms with Crippen LogP contribution in [0.4, 0.5) is 13.6 Å². The zero-order valence-electron chi connectivity index (χ0n) is 23.6. The van der Waals surface area contributed by atoms with E-state index in [0.717, 1.165) is 23.8 Å². The molecular weight excluding hydrogens is 540 g/mol. The number of aryl methyl sites for hydroxylation is 1. The number of aliphatic hydroxyl groups excluding tert-OH is 1. The van der Waals surface area contributed by atoms with Crippen LogP contribution in [0.25, 0.3) is 5.57 Å². The number of benzene rings is 3. The summed E-state index contributed by atoms with van der Waals surface area (Å²) in [5, 5.41) is 12.4. The summed E-state index contributed by atoms with van der Waals surface area (Å²) in [6.07, 6.45) is 3.72. The maximum absolute atomic E-state index is 14.8. The standard InChI is InChI=1S/C33H35F2N3O4/c1-36(28-16-18-37(19-17-28)42-31(40)15-12-24-8-4-2-5-9-24)32(41)38-22-25(29-20-27(34)13-14-30(29)35)21-33(38,23-39)26-10-6-3-7-11-26/h2-11,13-14,20-21,28,39H,12,15-19,22-23H2,1H3. The van der Waals surface area contributed by atoms with Gasteiger partial charge in [0.25, 0.3) is 0 Å². The second kappa shape index (κ2) is 12.8. The highest BCUT2D eigenvalue weighted by atomic mass is 19.1. The minimum atomic E-state index is -1.25. The second-order valence-corrected chi connectivity index (χ2v) is 10.8. The van der Waals surface area contributed by atoms with Crippen LogP contribution >= 0.6 is 0 Å². The first-order chi connectivity index (χ1) is 20.3. The molecule has 0 aromatic heterocycles. The van der Waals surface area contributed by atoms with Crippen LogP contribution in [0.1, 0.15) is 36.0 Å². The van der Waals surface area contributed by atoms with Gasteiger partial charge in [-0.2, -0.15) is 0 Å². The van der Waals surface area contributed by atoms with Gasteiger partial charge in [-0.05, 0) is 60.2 Å². The van der Waals surface area contributed by atoms with Crippen molar-refractivity contribution in [2.45, 2.75) is 37.3 Å². The van der Waals surface area contributed by atoms with Gasteiger partial charge in [-0.25, -0.2) is 13.6 Å². The Morgan fingerprint density at radius 1 is 1.00 bits per heavy atom. The van der Waals surface area contributed by atoms with Crippen molar-refractivity contribution in [3.05, 3.63) is 113 Å². The minimum Gasteiger partial charge on any atom is -0.393 e. The van der Waals surface area contributed by atoms with Crippen LogP contribution in [0.15, 0.2) is 84.9 Å². The lowest BCUT2D eigenvalue weighted by molar-refractivity contribution is -0.196. The quantitative estimate of drug-likeness (QED) is 0.402. The number of hydrogen-bond acceptors (Lipinski definition) is 5. The Bertz CT molecular complexity index is 1430. The van der Waals surface area contributed by atoms with E-state index < -0.39 is 23.8 Å². The van der Waals surface area contributed by atoms with Crippen LogP contribution in [0.5, 0.6) is 0 Å². The van der Waals surface area contributed by atoms with Crippen molar-refractivity contribution < 1.29 is 28.3 Å². The van der Waals surface area contributed by atoms with Crippen LogP contribution < -0.4 is 0 Å². The van der Waals surface area contributed by atoms with Gasteiger partial charge in [-0.3, -0.25) is 4.79 Å². The molecule has 2 amide bonds. The molecule has 1 unspecified atom stereocenters. The number of halogens is 2. The highest BCUT2D eigenvalue weighted by Crippen LogP contribution is 2.41. The summed E-state index contributed by atoms with van der Waals surface area (Å²) in [5.74, 6) is -1.48. The molecule has 0 aliphatic carbocycles. The van der Waals surface area contributed by atoms with Crippen LogP contribution in [0.2, 0.25) is 0 Å². The van der Waals surface area contributed by atoms with Crippen molar-refractivity contribution in [3.63, 3.8) is 0 Å². The molecule has 0 radical (unpaired) electrons. The van der Waals surface area contributed by atoms with E-state index in [0.29, 0.717) is 43.5 Å². The van der Waals surface area contributed by atoms with Crippen molar-refractivity contribution >= 4 is 17.6 Å². The molecule has 1 saturated heterocycles. The molecule has 2 aliphatic rings. The number of hydrogen-bond donors (Lipinski definition) is 1. The molecule has 0 bridgehead atoms. The highest BCUT2D eigenvalue weighted by Gasteiger charge is 2.46. The number of rotatable bonds is 8. The Morgan fingerprint density at radius 3 is 2.33 bits per heavy atom. The zero-order chi connectivity index (χ0) is 29.7. The number of urea groups is 1. The molecule has 1 atom stereocenters. The molecule has 5 rings (SSSR count). The number of carbonyl (C=O) groups is 2. The van der Waals surface area contributed by atoms with E-state index in [4.69, 9.17) is 4.84 Å². The van der Waals surface area contributed by atoms with E-state index >= 15 is 0 Å². The molecule has 1 N–H and O–H groups in total. The van der Waals surface area contributed by atoms with Gasteiger partial charge >= 0.3 is 12.0 Å². The van der Waals surface area contributed by atoms with Gasteiger partial charge in [-0.1, -0.05) is 60.7 Å². The molecule has 3 aromatic rings. The van der Waals surface area contributed by atoms with Crippen molar-refractivity contribution in [2.24, 2.45) is 0 Å². The average molecular weight is 576 g/mol. The summed E-state index contributed by atoms with van der Waals surface area (Å²) in [7, 11) is 1.71. The molecule has 2 heterocycles. The summed E-state index contributed by atoms with van der Waals surface area (Å²) < 4.78 is 28.9. The lowest BCUT2D eigenvalue weighted by atomic mass is 9.89. The molecule has 7 nitrogen and oxygen atoms in total. The molecular formula is C33H35F2N3O4. The first kappa shape index (κ1) is 29.4. The number of amides is 2. The van der Waals surface area contributed by atoms with Crippen molar-refractivity contribution in [1.29, 1.82) is 0 Å². The Balaban J connectivity index is 1.27. The average Bonchev–Trinajstić information content (AvgIpc) is 3.42. The first-order valence-corrected chi connectivity index (χ1v) is 14.2. The number of piperidine rings is 1. The largest absolute Gasteiger partial charge is 0.393 e. The third-order valence-corrected chi connectivity index (χ3v) is 8.21. The van der Waals surface area contributed by atoms with Crippen LogP contribution in [-0.2, 0) is 21.6 Å². The smallest absolute Gasteiger partial charge is 0.325 e. The maximum atomic E-state index is 14.8. The van der Waals surface area contributed by atoms with E-state index in [1.54, 1.807) is 23.1 Å². The van der Waals surface area contributed by atoms with Gasteiger partial charge in [0.1, 0.15) is 17.2 Å². The number of aliphatic hydroxyl groups is 1. The summed E-state index contributed by atoms with van der Waals surface area (Å²) >= 11 is 0. The van der Waals surface area contributed by atoms with Gasteiger partial charge in [-0.15, -0.1) is 5.06 Å². The Hall–Kier alpha value is -4.08. The fourth-order valence-electron chi connectivity index (χ4n) is 5.80. The Labute approximate surface area is 244 Å². The van der Waals surface area contributed by atoms with E-state index in [2.05, 4.69) is 0 Å². The molecule has 0 saturated carbocycles. The lowest BCUT2D eigenvalue weighted by Crippen LogP contribution is -2.55.